The van der Waals surface area contributed by atoms with Crippen molar-refractivity contribution in [3.63, 3.8) is 0 Å². The fourth-order valence-electron chi connectivity index (χ4n) is 4.09. The first-order valence-corrected chi connectivity index (χ1v) is 10.7. The number of rotatable bonds is 5. The van der Waals surface area contributed by atoms with E-state index in [2.05, 4.69) is 0 Å². The fraction of sp³-hybridized carbons (Fsp3) is 0.375. The zero-order chi connectivity index (χ0) is 24.3. The molecule has 1 aliphatic rings. The van der Waals surface area contributed by atoms with Gasteiger partial charge in [0.25, 0.3) is 5.91 Å². The number of benzene rings is 2. The topological polar surface area (TPSA) is 104 Å². The molecule has 0 unspecified atom stereocenters. The van der Waals surface area contributed by atoms with E-state index < -0.39 is 47.5 Å². The van der Waals surface area contributed by atoms with Gasteiger partial charge in [0.05, 0.1) is 6.04 Å². The van der Waals surface area contributed by atoms with Gasteiger partial charge in [-0.2, -0.15) is 0 Å². The average molecular weight is 459 g/mol. The van der Waals surface area contributed by atoms with Crippen molar-refractivity contribution in [2.24, 2.45) is 5.73 Å². The van der Waals surface area contributed by atoms with Crippen LogP contribution in [0.5, 0.6) is 0 Å². The van der Waals surface area contributed by atoms with E-state index in [1.165, 1.54) is 11.8 Å². The second-order valence-electron chi connectivity index (χ2n) is 8.35. The van der Waals surface area contributed by atoms with E-state index in [0.717, 1.165) is 17.7 Å². The van der Waals surface area contributed by atoms with E-state index >= 15 is 0 Å². The Morgan fingerprint density at radius 3 is 2.30 bits per heavy atom. The summed E-state index contributed by atoms with van der Waals surface area (Å²) in [5.74, 6) is -4.63. The normalized spacial score (nSPS) is 20.7. The average Bonchev–Trinajstić information content (AvgIpc) is 2.92. The van der Waals surface area contributed by atoms with Gasteiger partial charge >= 0.3 is 0 Å². The maximum atomic E-state index is 13.7. The van der Waals surface area contributed by atoms with E-state index in [9.17, 15) is 28.3 Å². The van der Waals surface area contributed by atoms with Gasteiger partial charge in [-0.15, -0.1) is 0 Å². The number of hydrogen-bond donors (Lipinski definition) is 2. The number of nitrogens with two attached hydrogens (primary N) is 1. The number of hydrogen-bond acceptors (Lipinski definition) is 5. The largest absolute Gasteiger partial charge is 0.378 e. The molecule has 0 saturated carbocycles. The number of carbonyl (C=O) groups is 3. The molecular weight excluding hydrogens is 432 g/mol. The quantitative estimate of drug-likeness (QED) is 0.713. The second-order valence-corrected chi connectivity index (χ2v) is 8.35. The van der Waals surface area contributed by atoms with Crippen LogP contribution in [-0.4, -0.2) is 58.3 Å². The van der Waals surface area contributed by atoms with Gasteiger partial charge in [-0.1, -0.05) is 30.3 Å². The Bertz CT molecular complexity index is 1010. The smallest absolute Gasteiger partial charge is 0.263 e. The molecule has 2 aromatic rings. The molecule has 1 aliphatic heterocycles. The van der Waals surface area contributed by atoms with Crippen LogP contribution in [0.2, 0.25) is 0 Å². The number of nitrogens with zero attached hydrogens (tertiary/aromatic N) is 2. The Morgan fingerprint density at radius 2 is 1.73 bits per heavy atom. The lowest BCUT2D eigenvalue weighted by Crippen LogP contribution is -2.57. The maximum Gasteiger partial charge on any atom is 0.263 e. The van der Waals surface area contributed by atoms with Crippen molar-refractivity contribution in [2.45, 2.75) is 43.9 Å². The molecule has 1 saturated heterocycles. The molecule has 7 nitrogen and oxygen atoms in total. The van der Waals surface area contributed by atoms with Crippen molar-refractivity contribution in [3.8, 4) is 0 Å². The number of carbonyl (C=O) groups excluding carboxylic acids is 3. The summed E-state index contributed by atoms with van der Waals surface area (Å²) in [6.07, 6.45) is -1.33. The molecule has 1 heterocycles. The van der Waals surface area contributed by atoms with Crippen molar-refractivity contribution < 1.29 is 28.3 Å². The number of amides is 3. The molecule has 3 amide bonds. The minimum absolute atomic E-state index is 0.127. The number of aliphatic hydroxyl groups is 1. The fourth-order valence-corrected chi connectivity index (χ4v) is 4.09. The maximum absolute atomic E-state index is 13.7. The molecule has 0 bridgehead atoms. The number of halogens is 2. The van der Waals surface area contributed by atoms with Crippen molar-refractivity contribution >= 4 is 17.7 Å². The Balaban J connectivity index is 2.02. The third-order valence-electron chi connectivity index (χ3n) is 5.86. The molecule has 3 N–H and O–H groups in total. The predicted molar refractivity (Wildman–Crippen MR) is 117 cm³/mol. The Morgan fingerprint density at radius 1 is 1.12 bits per heavy atom. The van der Waals surface area contributed by atoms with Gasteiger partial charge in [-0.25, -0.2) is 8.78 Å². The monoisotopic (exact) mass is 459 g/mol. The summed E-state index contributed by atoms with van der Waals surface area (Å²) in [6, 6.07) is 9.20. The highest BCUT2D eigenvalue weighted by Crippen LogP contribution is 2.32. The lowest BCUT2D eigenvalue weighted by atomic mass is 9.89. The molecule has 0 spiro atoms. The predicted octanol–water partition coefficient (Wildman–Crippen LogP) is 2.11. The molecule has 0 radical (unpaired) electrons. The second kappa shape index (κ2) is 10.2. The Labute approximate surface area is 190 Å². The van der Waals surface area contributed by atoms with Gasteiger partial charge in [-0.3, -0.25) is 19.3 Å². The highest BCUT2D eigenvalue weighted by molar-refractivity contribution is 6.03. The summed E-state index contributed by atoms with van der Waals surface area (Å²) in [6.45, 7) is 1.76. The van der Waals surface area contributed by atoms with Crippen LogP contribution in [0.4, 0.5) is 8.78 Å². The standard InChI is InChI=1S/C24H27F2N3O4/c1-14(27)22(31)29(24(33)21(30)17-10-18(25)13-19(26)11-17)20-12-16(8-9-28(2)23(20)32)15-6-4-3-5-7-15/h3-7,10-11,13-14,16,20-21,30H,8-9,12,27H2,1-2H3/t14-,16+,20-,21+/m0/s1. The summed E-state index contributed by atoms with van der Waals surface area (Å²) < 4.78 is 27.4. The van der Waals surface area contributed by atoms with Crippen molar-refractivity contribution in [1.29, 1.82) is 0 Å². The molecule has 3 rings (SSSR count). The first-order valence-electron chi connectivity index (χ1n) is 10.7. The summed E-state index contributed by atoms with van der Waals surface area (Å²) in [4.78, 5) is 41.6. The first-order chi connectivity index (χ1) is 15.6. The molecule has 0 aromatic heterocycles. The molecule has 0 aliphatic carbocycles. The third kappa shape index (κ3) is 5.43. The van der Waals surface area contributed by atoms with Gasteiger partial charge in [0.1, 0.15) is 17.7 Å². The van der Waals surface area contributed by atoms with E-state index in [4.69, 9.17) is 5.73 Å². The van der Waals surface area contributed by atoms with Crippen LogP contribution in [0.25, 0.3) is 0 Å². The number of likely N-dealkylation sites (N-methyl/N-ethyl adjacent to an activating group) is 1. The minimum Gasteiger partial charge on any atom is -0.378 e. The highest BCUT2D eigenvalue weighted by Gasteiger charge is 2.42. The molecule has 33 heavy (non-hydrogen) atoms. The number of aliphatic hydroxyl groups excluding tert-OH is 1. The van der Waals surface area contributed by atoms with Crippen LogP contribution >= 0.6 is 0 Å². The van der Waals surface area contributed by atoms with Crippen molar-refractivity contribution in [3.05, 3.63) is 71.3 Å². The van der Waals surface area contributed by atoms with Crippen LogP contribution in [0.15, 0.2) is 48.5 Å². The van der Waals surface area contributed by atoms with Gasteiger partial charge < -0.3 is 15.7 Å². The van der Waals surface area contributed by atoms with Crippen LogP contribution in [0.3, 0.4) is 0 Å². The lowest BCUT2D eigenvalue weighted by Gasteiger charge is -2.33. The molecule has 9 heteroatoms. The van der Waals surface area contributed by atoms with E-state index in [0.29, 0.717) is 23.9 Å². The lowest BCUT2D eigenvalue weighted by molar-refractivity contribution is -0.159. The third-order valence-corrected chi connectivity index (χ3v) is 5.86. The van der Waals surface area contributed by atoms with Gasteiger partial charge in [0.2, 0.25) is 11.8 Å². The van der Waals surface area contributed by atoms with Gasteiger partial charge in [0.15, 0.2) is 6.10 Å². The molecule has 2 aromatic carbocycles. The number of imide groups is 1. The van der Waals surface area contributed by atoms with E-state index in [1.54, 1.807) is 7.05 Å². The number of likely N-dealkylation sites (tertiary alicyclic amines) is 1. The van der Waals surface area contributed by atoms with E-state index in [1.807, 2.05) is 30.3 Å². The Kier molecular flexibility index (Phi) is 7.55. The zero-order valence-electron chi connectivity index (χ0n) is 18.4. The minimum atomic E-state index is -2.06. The Hall–Kier alpha value is -3.17. The van der Waals surface area contributed by atoms with Crippen LogP contribution < -0.4 is 5.73 Å². The summed E-state index contributed by atoms with van der Waals surface area (Å²) in [7, 11) is 1.57. The summed E-state index contributed by atoms with van der Waals surface area (Å²) >= 11 is 0. The summed E-state index contributed by atoms with van der Waals surface area (Å²) in [5.41, 5.74) is 6.34. The van der Waals surface area contributed by atoms with E-state index in [-0.39, 0.29) is 17.9 Å². The van der Waals surface area contributed by atoms with Crippen LogP contribution in [0.1, 0.15) is 42.9 Å². The highest BCUT2D eigenvalue weighted by atomic mass is 19.1. The molecular formula is C24H27F2N3O4. The van der Waals surface area contributed by atoms with Gasteiger partial charge in [-0.05, 0) is 48.9 Å². The van der Waals surface area contributed by atoms with Crippen LogP contribution in [0, 0.1) is 11.6 Å². The zero-order valence-corrected chi connectivity index (χ0v) is 18.4. The van der Waals surface area contributed by atoms with Gasteiger partial charge in [0, 0.05) is 19.7 Å². The van der Waals surface area contributed by atoms with Crippen molar-refractivity contribution in [1.82, 2.24) is 9.80 Å². The molecule has 4 atom stereocenters. The molecule has 1 fully saturated rings. The van der Waals surface area contributed by atoms with Crippen molar-refractivity contribution in [2.75, 3.05) is 13.6 Å². The SMILES string of the molecule is C[C@H](N)C(=O)N(C(=O)[C@H](O)c1cc(F)cc(F)c1)[C@H]1C[C@H](c2ccccc2)CCN(C)C1=O. The summed E-state index contributed by atoms with van der Waals surface area (Å²) in [5, 5.41) is 10.6. The van der Waals surface area contributed by atoms with Crippen LogP contribution in [-0.2, 0) is 14.4 Å². The first kappa shape index (κ1) is 24.5. The molecule has 176 valence electrons.